The Hall–Kier alpha value is -0.920. The van der Waals surface area contributed by atoms with Gasteiger partial charge in [-0.05, 0) is 39.7 Å². The van der Waals surface area contributed by atoms with Gasteiger partial charge in [0.2, 0.25) is 11.0 Å². The van der Waals surface area contributed by atoms with Crippen LogP contribution in [-0.4, -0.2) is 58.9 Å². The van der Waals surface area contributed by atoms with Crippen LogP contribution >= 0.6 is 23.9 Å². The summed E-state index contributed by atoms with van der Waals surface area (Å²) < 4.78 is 4.26. The highest BCUT2D eigenvalue weighted by Gasteiger charge is 2.29. The van der Waals surface area contributed by atoms with E-state index in [4.69, 9.17) is 0 Å². The number of piperidine rings is 1. The molecular weight excluding hydrogens is 334 g/mol. The molecule has 1 N–H and O–H groups in total. The summed E-state index contributed by atoms with van der Waals surface area (Å²) in [5, 5.41) is 4.41. The van der Waals surface area contributed by atoms with Gasteiger partial charge in [-0.15, -0.1) is 12.4 Å². The largest absolute Gasteiger partial charge is 0.345 e. The van der Waals surface area contributed by atoms with Crippen molar-refractivity contribution >= 4 is 35.0 Å². The number of hydrogen-bond acceptors (Lipinski definition) is 6. The highest BCUT2D eigenvalue weighted by atomic mass is 35.5. The van der Waals surface area contributed by atoms with Gasteiger partial charge in [0, 0.05) is 49.7 Å². The van der Waals surface area contributed by atoms with Crippen LogP contribution in [0.4, 0.5) is 5.13 Å². The number of carbonyl (C=O) groups excluding carboxylic acids is 1. The van der Waals surface area contributed by atoms with Crippen molar-refractivity contribution in [3.05, 3.63) is 5.82 Å². The number of halogens is 1. The fourth-order valence-electron chi connectivity index (χ4n) is 3.36. The molecule has 1 amide bonds. The van der Waals surface area contributed by atoms with E-state index in [1.807, 2.05) is 6.92 Å². The van der Waals surface area contributed by atoms with Gasteiger partial charge in [-0.2, -0.15) is 4.37 Å². The molecule has 2 fully saturated rings. The number of aryl methyl sites for hydroxylation is 1. The van der Waals surface area contributed by atoms with Crippen LogP contribution in [0.1, 0.15) is 32.0 Å². The standard InChI is InChI=1S/C15H25N5OS.ClH/c1-11-10-13(4-5-16-11)14(21)19-6-3-7-20(9-8-19)15-17-12(2)18-22-15;/h11,13,16H,3-10H2,1-2H3;1H/t11-,13-;/m0./s1. The molecule has 130 valence electrons. The Bertz CT molecular complexity index is 526. The van der Waals surface area contributed by atoms with E-state index in [2.05, 4.69) is 31.4 Å². The molecule has 23 heavy (non-hydrogen) atoms. The molecular formula is C15H26ClN5OS. The number of carbonyl (C=O) groups is 1. The zero-order valence-corrected chi connectivity index (χ0v) is 15.5. The maximum atomic E-state index is 12.8. The summed E-state index contributed by atoms with van der Waals surface area (Å²) in [5.74, 6) is 1.39. The van der Waals surface area contributed by atoms with Gasteiger partial charge >= 0.3 is 0 Å². The van der Waals surface area contributed by atoms with Gasteiger partial charge < -0.3 is 15.1 Å². The highest BCUT2D eigenvalue weighted by molar-refractivity contribution is 7.09. The molecule has 0 aliphatic carbocycles. The molecule has 2 atom stereocenters. The predicted octanol–water partition coefficient (Wildman–Crippen LogP) is 1.70. The fraction of sp³-hybridized carbons (Fsp3) is 0.800. The number of rotatable bonds is 2. The number of nitrogens with zero attached hydrogens (tertiary/aromatic N) is 4. The first-order chi connectivity index (χ1) is 10.6. The first-order valence-corrected chi connectivity index (χ1v) is 8.98. The lowest BCUT2D eigenvalue weighted by Gasteiger charge is -2.31. The van der Waals surface area contributed by atoms with Crippen LogP contribution < -0.4 is 10.2 Å². The van der Waals surface area contributed by atoms with Crippen molar-refractivity contribution in [1.29, 1.82) is 0 Å². The van der Waals surface area contributed by atoms with E-state index in [-0.39, 0.29) is 18.3 Å². The second kappa shape index (κ2) is 8.26. The zero-order chi connectivity index (χ0) is 15.5. The normalized spacial score (nSPS) is 25.7. The summed E-state index contributed by atoms with van der Waals surface area (Å²) in [7, 11) is 0. The monoisotopic (exact) mass is 359 g/mol. The Morgan fingerprint density at radius 2 is 2.13 bits per heavy atom. The maximum absolute atomic E-state index is 12.8. The smallest absolute Gasteiger partial charge is 0.225 e. The van der Waals surface area contributed by atoms with Gasteiger partial charge in [0.25, 0.3) is 0 Å². The molecule has 1 aromatic rings. The predicted molar refractivity (Wildman–Crippen MR) is 95.5 cm³/mol. The third-order valence-corrected chi connectivity index (χ3v) is 5.44. The Kier molecular flexibility index (Phi) is 6.61. The van der Waals surface area contributed by atoms with E-state index < -0.39 is 0 Å². The molecule has 1 aromatic heterocycles. The molecule has 0 bridgehead atoms. The van der Waals surface area contributed by atoms with Gasteiger partial charge in [0.05, 0.1) is 0 Å². The van der Waals surface area contributed by atoms with Crippen LogP contribution in [0.5, 0.6) is 0 Å². The lowest BCUT2D eigenvalue weighted by atomic mass is 9.92. The van der Waals surface area contributed by atoms with Crippen LogP contribution in [0.2, 0.25) is 0 Å². The summed E-state index contributed by atoms with van der Waals surface area (Å²) in [4.78, 5) is 21.6. The van der Waals surface area contributed by atoms with Crippen molar-refractivity contribution in [2.75, 3.05) is 37.6 Å². The van der Waals surface area contributed by atoms with Gasteiger partial charge in [0.1, 0.15) is 5.82 Å². The van der Waals surface area contributed by atoms with Crippen molar-refractivity contribution in [2.45, 2.75) is 39.2 Å². The van der Waals surface area contributed by atoms with E-state index in [1.165, 1.54) is 11.5 Å². The van der Waals surface area contributed by atoms with E-state index in [0.717, 1.165) is 62.9 Å². The topological polar surface area (TPSA) is 61.4 Å². The van der Waals surface area contributed by atoms with Gasteiger partial charge in [-0.3, -0.25) is 4.79 Å². The third-order valence-electron chi connectivity index (χ3n) is 4.57. The molecule has 0 radical (unpaired) electrons. The lowest BCUT2D eigenvalue weighted by molar-refractivity contribution is -0.136. The Balaban J connectivity index is 0.00000192. The molecule has 0 spiro atoms. The fourth-order valence-corrected chi connectivity index (χ4v) is 4.08. The molecule has 6 nitrogen and oxygen atoms in total. The quantitative estimate of drug-likeness (QED) is 0.870. The first kappa shape index (κ1) is 18.4. The molecule has 2 aliphatic rings. The van der Waals surface area contributed by atoms with E-state index in [0.29, 0.717) is 11.9 Å². The molecule has 3 heterocycles. The highest BCUT2D eigenvalue weighted by Crippen LogP contribution is 2.22. The van der Waals surface area contributed by atoms with Crippen molar-refractivity contribution in [2.24, 2.45) is 5.92 Å². The summed E-state index contributed by atoms with van der Waals surface area (Å²) in [5.41, 5.74) is 0. The first-order valence-electron chi connectivity index (χ1n) is 8.21. The second-order valence-corrected chi connectivity index (χ2v) is 7.10. The van der Waals surface area contributed by atoms with E-state index >= 15 is 0 Å². The number of anilines is 1. The van der Waals surface area contributed by atoms with Crippen LogP contribution in [0.15, 0.2) is 0 Å². The molecule has 8 heteroatoms. The number of aromatic nitrogens is 2. The van der Waals surface area contributed by atoms with Crippen molar-refractivity contribution in [3.8, 4) is 0 Å². The molecule has 2 saturated heterocycles. The van der Waals surface area contributed by atoms with Crippen molar-refractivity contribution in [3.63, 3.8) is 0 Å². The SMILES string of the molecule is Cc1nsc(N2CCCN(C(=O)[C@H]3CCN[C@@H](C)C3)CC2)n1.Cl. The summed E-state index contributed by atoms with van der Waals surface area (Å²) in [6.07, 6.45) is 2.94. The minimum atomic E-state index is 0. The minimum absolute atomic E-state index is 0. The number of amides is 1. The van der Waals surface area contributed by atoms with E-state index in [9.17, 15) is 4.79 Å². The average Bonchev–Trinajstić information content (AvgIpc) is 2.80. The second-order valence-electron chi connectivity index (χ2n) is 6.37. The van der Waals surface area contributed by atoms with Crippen LogP contribution in [0.3, 0.4) is 0 Å². The zero-order valence-electron chi connectivity index (χ0n) is 13.8. The van der Waals surface area contributed by atoms with Crippen LogP contribution in [0, 0.1) is 12.8 Å². The number of nitrogens with one attached hydrogen (secondary N) is 1. The maximum Gasteiger partial charge on any atom is 0.225 e. The van der Waals surface area contributed by atoms with Crippen molar-refractivity contribution < 1.29 is 4.79 Å². The van der Waals surface area contributed by atoms with Gasteiger partial charge in [0.15, 0.2) is 0 Å². The lowest BCUT2D eigenvalue weighted by Crippen LogP contribution is -2.45. The van der Waals surface area contributed by atoms with Crippen LogP contribution in [-0.2, 0) is 4.79 Å². The van der Waals surface area contributed by atoms with Gasteiger partial charge in [-0.25, -0.2) is 4.98 Å². The minimum Gasteiger partial charge on any atom is -0.345 e. The van der Waals surface area contributed by atoms with Gasteiger partial charge in [-0.1, -0.05) is 0 Å². The third kappa shape index (κ3) is 4.55. The average molecular weight is 360 g/mol. The Morgan fingerprint density at radius 3 is 2.83 bits per heavy atom. The molecule has 0 saturated carbocycles. The Morgan fingerprint density at radius 1 is 1.30 bits per heavy atom. The number of hydrogen-bond donors (Lipinski definition) is 1. The summed E-state index contributed by atoms with van der Waals surface area (Å²) in [6, 6.07) is 0.454. The van der Waals surface area contributed by atoms with E-state index in [1.54, 1.807) is 0 Å². The van der Waals surface area contributed by atoms with Crippen LogP contribution in [0.25, 0.3) is 0 Å². The summed E-state index contributed by atoms with van der Waals surface area (Å²) >= 11 is 1.46. The molecule has 3 rings (SSSR count). The molecule has 0 aromatic carbocycles. The Labute approximate surface area is 148 Å². The molecule has 2 aliphatic heterocycles. The summed E-state index contributed by atoms with van der Waals surface area (Å²) in [6.45, 7) is 8.54. The molecule has 0 unspecified atom stereocenters. The van der Waals surface area contributed by atoms with Crippen molar-refractivity contribution in [1.82, 2.24) is 19.6 Å².